The van der Waals surface area contributed by atoms with Gasteiger partial charge in [0, 0.05) is 22.6 Å². The molecule has 0 spiro atoms. The fourth-order valence-electron chi connectivity index (χ4n) is 5.10. The molecule has 1 aliphatic carbocycles. The van der Waals surface area contributed by atoms with Gasteiger partial charge in [0.25, 0.3) is 0 Å². The number of imidazole rings is 1. The van der Waals surface area contributed by atoms with Gasteiger partial charge in [-0.15, -0.1) is 11.3 Å². The lowest BCUT2D eigenvalue weighted by Crippen LogP contribution is -2.21. The number of aliphatic carboxylic acids is 1. The highest BCUT2D eigenvalue weighted by Gasteiger charge is 2.38. The van der Waals surface area contributed by atoms with Gasteiger partial charge >= 0.3 is 12.1 Å². The van der Waals surface area contributed by atoms with Crippen LogP contribution < -0.4 is 0 Å². The fourth-order valence-corrected chi connectivity index (χ4v) is 6.02. The third kappa shape index (κ3) is 5.69. The van der Waals surface area contributed by atoms with E-state index in [4.69, 9.17) is 26.5 Å². The Morgan fingerprint density at radius 1 is 1.05 bits per heavy atom. The molecule has 0 saturated heterocycles. The van der Waals surface area contributed by atoms with E-state index in [1.165, 1.54) is 27.8 Å². The summed E-state index contributed by atoms with van der Waals surface area (Å²) in [6.07, 6.45) is -1.09. The second kappa shape index (κ2) is 10.8. The van der Waals surface area contributed by atoms with Crippen LogP contribution in [0.15, 0.2) is 78.3 Å². The van der Waals surface area contributed by atoms with Gasteiger partial charge in [0.15, 0.2) is 0 Å². The first-order valence-corrected chi connectivity index (χ1v) is 13.4. The fraction of sp³-hybridized carbons (Fsp3) is 0.207. The summed E-state index contributed by atoms with van der Waals surface area (Å²) in [7, 11) is 0. The Bertz CT molecular complexity index is 1590. The summed E-state index contributed by atoms with van der Waals surface area (Å²) in [5.74, 6) is -1.61. The Morgan fingerprint density at radius 3 is 2.23 bits per heavy atom. The number of aryl methyl sites for hydroxylation is 1. The first-order chi connectivity index (χ1) is 18.6. The van der Waals surface area contributed by atoms with Crippen molar-refractivity contribution in [3.05, 3.63) is 116 Å². The molecule has 39 heavy (non-hydrogen) atoms. The molecular formula is C29H23ClF3N3O2S. The van der Waals surface area contributed by atoms with Crippen LogP contribution in [0.3, 0.4) is 0 Å². The number of carboxylic acid groups (broad SMARTS) is 1. The summed E-state index contributed by atoms with van der Waals surface area (Å²) in [6.45, 7) is 2.13. The van der Waals surface area contributed by atoms with Crippen LogP contribution in [0, 0.1) is 6.92 Å². The molecule has 3 aromatic carbocycles. The average molecular weight is 570 g/mol. The molecule has 1 aliphatic rings. The number of aromatic nitrogens is 3. The molecular weight excluding hydrogens is 547 g/mol. The first-order valence-electron chi connectivity index (χ1n) is 12.1. The highest BCUT2D eigenvalue weighted by molar-refractivity contribution is 7.09. The number of nitrogens with zero attached hydrogens (tertiary/aromatic N) is 3. The largest absolute Gasteiger partial charge is 0.490 e. The third-order valence-corrected chi connectivity index (χ3v) is 7.85. The Labute approximate surface area is 231 Å². The summed E-state index contributed by atoms with van der Waals surface area (Å²) in [5.41, 5.74) is 7.59. The molecule has 0 amide bonds. The van der Waals surface area contributed by atoms with Gasteiger partial charge in [-0.3, -0.25) is 0 Å². The Balaban J connectivity index is 0.000000392. The van der Waals surface area contributed by atoms with Crippen molar-refractivity contribution in [2.24, 2.45) is 0 Å². The summed E-state index contributed by atoms with van der Waals surface area (Å²) in [6, 6.07) is 24.0. The zero-order chi connectivity index (χ0) is 27.7. The minimum atomic E-state index is -5.08. The molecule has 0 radical (unpaired) electrons. The summed E-state index contributed by atoms with van der Waals surface area (Å²) in [5, 5.41) is 11.0. The van der Waals surface area contributed by atoms with Crippen molar-refractivity contribution in [3.8, 4) is 0 Å². The van der Waals surface area contributed by atoms with E-state index in [1.807, 2.05) is 23.7 Å². The minimum absolute atomic E-state index is 0.0705. The zero-order valence-corrected chi connectivity index (χ0v) is 22.3. The van der Waals surface area contributed by atoms with Gasteiger partial charge < -0.3 is 9.67 Å². The number of rotatable bonds is 4. The predicted molar refractivity (Wildman–Crippen MR) is 146 cm³/mol. The van der Waals surface area contributed by atoms with Crippen LogP contribution in [0.2, 0.25) is 5.02 Å². The van der Waals surface area contributed by atoms with E-state index in [1.54, 1.807) is 11.3 Å². The number of halogens is 4. The molecule has 10 heteroatoms. The third-order valence-electron chi connectivity index (χ3n) is 6.76. The van der Waals surface area contributed by atoms with Crippen molar-refractivity contribution in [2.45, 2.75) is 37.9 Å². The predicted octanol–water partition coefficient (Wildman–Crippen LogP) is 7.61. The van der Waals surface area contributed by atoms with E-state index in [-0.39, 0.29) is 5.92 Å². The van der Waals surface area contributed by atoms with Crippen molar-refractivity contribution in [3.63, 3.8) is 0 Å². The van der Waals surface area contributed by atoms with Crippen LogP contribution in [0.1, 0.15) is 45.0 Å². The van der Waals surface area contributed by atoms with Gasteiger partial charge in [-0.05, 0) is 66.3 Å². The lowest BCUT2D eigenvalue weighted by Gasteiger charge is -2.18. The molecule has 1 unspecified atom stereocenters. The van der Waals surface area contributed by atoms with Crippen LogP contribution in [-0.2, 0) is 17.6 Å². The number of hydrogen-bond acceptors (Lipinski definition) is 4. The Morgan fingerprint density at radius 2 is 1.67 bits per heavy atom. The van der Waals surface area contributed by atoms with E-state index in [2.05, 4.69) is 71.1 Å². The highest BCUT2D eigenvalue weighted by atomic mass is 35.5. The van der Waals surface area contributed by atoms with E-state index in [9.17, 15) is 13.2 Å². The maximum Gasteiger partial charge on any atom is 0.490 e. The summed E-state index contributed by atoms with van der Waals surface area (Å²) < 4.78 is 34.2. The van der Waals surface area contributed by atoms with Crippen molar-refractivity contribution < 1.29 is 23.1 Å². The van der Waals surface area contributed by atoms with E-state index < -0.39 is 12.1 Å². The number of benzene rings is 3. The molecule has 5 nitrogen and oxygen atoms in total. The maximum atomic E-state index is 10.6. The van der Waals surface area contributed by atoms with E-state index in [0.29, 0.717) is 6.04 Å². The van der Waals surface area contributed by atoms with E-state index in [0.717, 1.165) is 34.2 Å². The van der Waals surface area contributed by atoms with Crippen LogP contribution in [-0.4, -0.2) is 31.8 Å². The van der Waals surface area contributed by atoms with Crippen LogP contribution in [0.25, 0.3) is 11.0 Å². The summed E-state index contributed by atoms with van der Waals surface area (Å²) >= 11 is 7.87. The number of alkyl halides is 3. The highest BCUT2D eigenvalue weighted by Crippen LogP contribution is 2.37. The molecule has 1 atom stereocenters. The van der Waals surface area contributed by atoms with Gasteiger partial charge in [0.1, 0.15) is 10.8 Å². The maximum absolute atomic E-state index is 10.6. The second-order valence-corrected chi connectivity index (χ2v) is 10.6. The lowest BCUT2D eigenvalue weighted by atomic mass is 9.91. The minimum Gasteiger partial charge on any atom is -0.475 e. The SMILES string of the molecule is Cc1nc2ccc(C(c3ccc(Cl)cc3)c3nccs3)cc2n1C1Cc2ccccc2C1.O=C(O)C(F)(F)F. The van der Waals surface area contributed by atoms with E-state index >= 15 is 0 Å². The van der Waals surface area contributed by atoms with Crippen molar-refractivity contribution in [1.82, 2.24) is 14.5 Å². The van der Waals surface area contributed by atoms with Gasteiger partial charge in [-0.1, -0.05) is 54.1 Å². The lowest BCUT2D eigenvalue weighted by molar-refractivity contribution is -0.192. The number of carbonyl (C=O) groups is 1. The first kappa shape index (κ1) is 26.9. The molecule has 200 valence electrons. The van der Waals surface area contributed by atoms with Gasteiger partial charge in [0.2, 0.25) is 0 Å². The van der Waals surface area contributed by atoms with Crippen molar-refractivity contribution in [1.29, 1.82) is 0 Å². The van der Waals surface area contributed by atoms with Gasteiger partial charge in [-0.2, -0.15) is 13.2 Å². The number of thiazole rings is 1. The van der Waals surface area contributed by atoms with Crippen LogP contribution >= 0.6 is 22.9 Å². The molecule has 6 rings (SSSR count). The van der Waals surface area contributed by atoms with Gasteiger partial charge in [-0.25, -0.2) is 14.8 Å². The molecule has 5 aromatic rings. The number of carboxylic acids is 1. The Kier molecular flexibility index (Phi) is 7.46. The second-order valence-electron chi connectivity index (χ2n) is 9.27. The van der Waals surface area contributed by atoms with Gasteiger partial charge in [0.05, 0.1) is 17.0 Å². The van der Waals surface area contributed by atoms with Crippen LogP contribution in [0.5, 0.6) is 0 Å². The topological polar surface area (TPSA) is 68.0 Å². The summed E-state index contributed by atoms with van der Waals surface area (Å²) in [4.78, 5) is 18.5. The molecule has 2 aromatic heterocycles. The molecule has 0 fully saturated rings. The normalized spacial score (nSPS) is 14.1. The van der Waals surface area contributed by atoms with Crippen LogP contribution in [0.4, 0.5) is 13.2 Å². The number of fused-ring (bicyclic) bond motifs is 2. The number of hydrogen-bond donors (Lipinski definition) is 1. The van der Waals surface area contributed by atoms with Crippen molar-refractivity contribution >= 4 is 39.9 Å². The quantitative estimate of drug-likeness (QED) is 0.242. The molecule has 0 saturated carbocycles. The van der Waals surface area contributed by atoms with Crippen molar-refractivity contribution in [2.75, 3.05) is 0 Å². The Hall–Kier alpha value is -3.69. The molecule has 0 bridgehead atoms. The monoisotopic (exact) mass is 569 g/mol. The zero-order valence-electron chi connectivity index (χ0n) is 20.7. The smallest absolute Gasteiger partial charge is 0.475 e. The average Bonchev–Trinajstić information content (AvgIpc) is 3.63. The molecule has 0 aliphatic heterocycles. The molecule has 1 N–H and O–H groups in total. The molecule has 2 heterocycles. The standard InChI is InChI=1S/C27H22ClN3S.C2HF3O2/c1-17-30-24-11-8-21(26(27-29-12-13-32-27)18-6-9-22(28)10-7-18)16-25(24)31(17)23-14-19-4-2-3-5-20(19)15-23;3-2(4,5)1(6)7/h2-13,16,23,26H,14-15H2,1H3;(H,6,7).